The lowest BCUT2D eigenvalue weighted by molar-refractivity contribution is 1.01. The van der Waals surface area contributed by atoms with Gasteiger partial charge in [0.2, 0.25) is 13.4 Å². The third-order valence-corrected chi connectivity index (χ3v) is 12.9. The Morgan fingerprint density at radius 2 is 0.929 bits per heavy atom. The van der Waals surface area contributed by atoms with E-state index in [9.17, 15) is 0 Å². The second-order valence-electron chi connectivity index (χ2n) is 15.7. The van der Waals surface area contributed by atoms with Crippen molar-refractivity contribution in [2.24, 2.45) is 0 Å². The summed E-state index contributed by atoms with van der Waals surface area (Å²) in [6.07, 6.45) is 9.15. The Hall–Kier alpha value is -6.63. The van der Waals surface area contributed by atoms with Crippen LogP contribution >= 0.6 is 0 Å². The molecule has 0 amide bonds. The normalized spacial score (nSPS) is 13.9. The quantitative estimate of drug-likeness (QED) is 0.126. The molecular formula is C54H36B2. The van der Waals surface area contributed by atoms with Gasteiger partial charge in [0, 0.05) is 0 Å². The number of rotatable bonds is 4. The fraction of sp³-hybridized carbons (Fsp3) is 0.0370. The summed E-state index contributed by atoms with van der Waals surface area (Å²) >= 11 is 0. The Morgan fingerprint density at radius 3 is 1.57 bits per heavy atom. The van der Waals surface area contributed by atoms with Crippen LogP contribution in [0.3, 0.4) is 0 Å². The summed E-state index contributed by atoms with van der Waals surface area (Å²) < 4.78 is 0. The molecular weight excluding hydrogens is 670 g/mol. The van der Waals surface area contributed by atoms with Crippen molar-refractivity contribution in [1.29, 1.82) is 0 Å². The van der Waals surface area contributed by atoms with Gasteiger partial charge in [-0.2, -0.15) is 0 Å². The van der Waals surface area contributed by atoms with E-state index in [1.54, 1.807) is 0 Å². The third kappa shape index (κ3) is 4.50. The zero-order chi connectivity index (χ0) is 36.7. The van der Waals surface area contributed by atoms with E-state index >= 15 is 0 Å². The minimum atomic E-state index is 0.126. The molecule has 0 aromatic heterocycles. The van der Waals surface area contributed by atoms with Gasteiger partial charge < -0.3 is 0 Å². The van der Waals surface area contributed by atoms with E-state index < -0.39 is 0 Å². The standard InChI is InChI=1S/C54H36B2/c1-4-18-35(19-5-1)50-38-24-10-12-26-40(38)51(41-27-13-11-25-39(41)50)45-34-49-53(44-29-15-17-31-47(44)56(49)37-22-8-3-9-23-37)54-42(45)32-33-48-52(54)43-28-14-16-30-46(43)55(48)36-20-6-2-7-21-36/h1-6,8-20,22-34H,7,21H2. The van der Waals surface area contributed by atoms with Crippen LogP contribution < -0.4 is 27.3 Å². The zero-order valence-corrected chi connectivity index (χ0v) is 31.0. The highest BCUT2D eigenvalue weighted by Crippen LogP contribution is 2.48. The van der Waals surface area contributed by atoms with Crippen molar-refractivity contribution in [3.05, 3.63) is 200 Å². The van der Waals surface area contributed by atoms with Gasteiger partial charge in [0.25, 0.3) is 0 Å². The van der Waals surface area contributed by atoms with E-state index in [4.69, 9.17) is 0 Å². The van der Waals surface area contributed by atoms with E-state index in [0.29, 0.717) is 0 Å². The van der Waals surface area contributed by atoms with E-state index in [0.717, 1.165) is 12.8 Å². The minimum absolute atomic E-state index is 0.126. The second-order valence-corrected chi connectivity index (χ2v) is 15.7. The molecule has 1 aliphatic carbocycles. The molecule has 9 aromatic rings. The van der Waals surface area contributed by atoms with Crippen molar-refractivity contribution in [2.75, 3.05) is 0 Å². The van der Waals surface area contributed by atoms with Gasteiger partial charge in [-0.05, 0) is 89.7 Å². The molecule has 12 rings (SSSR count). The molecule has 0 unspecified atom stereocenters. The molecule has 258 valence electrons. The molecule has 0 radical (unpaired) electrons. The first-order chi connectivity index (χ1) is 27.8. The molecule has 56 heavy (non-hydrogen) atoms. The van der Waals surface area contributed by atoms with Crippen LogP contribution in [0.5, 0.6) is 0 Å². The predicted molar refractivity (Wildman–Crippen MR) is 243 cm³/mol. The number of allylic oxidation sites excluding steroid dienone is 4. The highest BCUT2D eigenvalue weighted by atomic mass is 14.3. The average molecular weight is 707 g/mol. The van der Waals surface area contributed by atoms with Crippen LogP contribution in [0.15, 0.2) is 200 Å². The summed E-state index contributed by atoms with van der Waals surface area (Å²) in [5, 5.41) is 7.86. The van der Waals surface area contributed by atoms with Gasteiger partial charge in [-0.1, -0.05) is 227 Å². The van der Waals surface area contributed by atoms with Crippen molar-refractivity contribution < 1.29 is 0 Å². The number of benzene rings is 9. The van der Waals surface area contributed by atoms with Gasteiger partial charge in [-0.15, -0.1) is 0 Å². The van der Waals surface area contributed by atoms with Crippen LogP contribution in [0.1, 0.15) is 12.8 Å². The first-order valence-electron chi connectivity index (χ1n) is 20.1. The summed E-state index contributed by atoms with van der Waals surface area (Å²) in [6.45, 7) is 0.379. The Kier molecular flexibility index (Phi) is 7.05. The van der Waals surface area contributed by atoms with Crippen molar-refractivity contribution in [1.82, 2.24) is 0 Å². The smallest absolute Gasteiger partial charge is 0.0904 e. The summed E-state index contributed by atoms with van der Waals surface area (Å²) in [4.78, 5) is 0. The van der Waals surface area contributed by atoms with Gasteiger partial charge in [-0.3, -0.25) is 0 Å². The zero-order valence-electron chi connectivity index (χ0n) is 31.0. The summed E-state index contributed by atoms with van der Waals surface area (Å²) in [6, 6.07) is 66.4. The van der Waals surface area contributed by atoms with Crippen molar-refractivity contribution >= 4 is 73.1 Å². The number of hydrogen-bond acceptors (Lipinski definition) is 0. The largest absolute Gasteiger partial charge is 0.242 e. The highest BCUT2D eigenvalue weighted by molar-refractivity contribution is 6.99. The van der Waals surface area contributed by atoms with Gasteiger partial charge in [0.05, 0.1) is 0 Å². The van der Waals surface area contributed by atoms with Gasteiger partial charge in [0.15, 0.2) is 0 Å². The monoisotopic (exact) mass is 706 g/mol. The summed E-state index contributed by atoms with van der Waals surface area (Å²) in [5.41, 5.74) is 19.2. The van der Waals surface area contributed by atoms with Crippen LogP contribution in [-0.2, 0) is 0 Å². The lowest BCUT2D eigenvalue weighted by Gasteiger charge is -2.23. The molecule has 2 aliphatic heterocycles. The number of fused-ring (bicyclic) bond motifs is 11. The molecule has 0 N–H and O–H groups in total. The molecule has 0 spiro atoms. The Bertz CT molecular complexity index is 3080. The molecule has 0 nitrogen and oxygen atoms in total. The van der Waals surface area contributed by atoms with Crippen LogP contribution in [0.25, 0.3) is 76.8 Å². The molecule has 0 bridgehead atoms. The molecule has 9 aromatic carbocycles. The summed E-state index contributed by atoms with van der Waals surface area (Å²) in [7, 11) is 0. The van der Waals surface area contributed by atoms with Crippen LogP contribution in [0.2, 0.25) is 0 Å². The third-order valence-electron chi connectivity index (χ3n) is 12.9. The lowest BCUT2D eigenvalue weighted by atomic mass is 9.37. The van der Waals surface area contributed by atoms with Crippen molar-refractivity contribution in [3.63, 3.8) is 0 Å². The Labute approximate surface area is 328 Å². The molecule has 0 fully saturated rings. The van der Waals surface area contributed by atoms with E-state index in [2.05, 4.69) is 194 Å². The molecule has 0 saturated carbocycles. The van der Waals surface area contributed by atoms with Gasteiger partial charge in [0.1, 0.15) is 0 Å². The molecule has 3 aliphatic rings. The van der Waals surface area contributed by atoms with Crippen LogP contribution in [-0.4, -0.2) is 13.4 Å². The van der Waals surface area contributed by atoms with Crippen LogP contribution in [0.4, 0.5) is 0 Å². The van der Waals surface area contributed by atoms with Gasteiger partial charge in [-0.25, -0.2) is 0 Å². The maximum atomic E-state index is 2.59. The van der Waals surface area contributed by atoms with Gasteiger partial charge >= 0.3 is 0 Å². The van der Waals surface area contributed by atoms with E-state index in [1.807, 2.05) is 0 Å². The maximum Gasteiger partial charge on any atom is 0.242 e. The highest BCUT2D eigenvalue weighted by Gasteiger charge is 2.40. The minimum Gasteiger partial charge on any atom is -0.0904 e. The molecule has 0 atom stereocenters. The Morgan fingerprint density at radius 1 is 0.375 bits per heavy atom. The van der Waals surface area contributed by atoms with Crippen molar-refractivity contribution in [2.45, 2.75) is 12.8 Å². The number of hydrogen-bond donors (Lipinski definition) is 0. The lowest BCUT2D eigenvalue weighted by Crippen LogP contribution is -2.48. The Balaban J connectivity index is 1.28. The summed E-state index contributed by atoms with van der Waals surface area (Å²) in [5.74, 6) is 0. The predicted octanol–water partition coefficient (Wildman–Crippen LogP) is 10.4. The fourth-order valence-electron chi connectivity index (χ4n) is 10.7. The maximum absolute atomic E-state index is 2.59. The molecule has 2 heterocycles. The van der Waals surface area contributed by atoms with E-state index in [1.165, 1.54) is 110 Å². The second kappa shape index (κ2) is 12.4. The first-order valence-corrected chi connectivity index (χ1v) is 20.1. The van der Waals surface area contributed by atoms with E-state index in [-0.39, 0.29) is 13.4 Å². The molecule has 0 saturated heterocycles. The molecule has 2 heteroatoms. The SMILES string of the molecule is C1=CCCC(B2c3ccccc3-c3c2ccc2c(-c4c5ccccc5c(-c5ccccc5)c5ccccc45)cc4c(c32)-c2ccccc2B4c2ccccc2)=C1. The van der Waals surface area contributed by atoms with Crippen LogP contribution in [0, 0.1) is 0 Å². The topological polar surface area (TPSA) is 0 Å². The van der Waals surface area contributed by atoms with Crippen molar-refractivity contribution in [3.8, 4) is 44.5 Å². The fourth-order valence-corrected chi connectivity index (χ4v) is 10.7. The first kappa shape index (κ1) is 31.7. The average Bonchev–Trinajstić information content (AvgIpc) is 3.79.